The summed E-state index contributed by atoms with van der Waals surface area (Å²) >= 11 is 0. The first-order chi connectivity index (χ1) is 9.64. The predicted molar refractivity (Wildman–Crippen MR) is 77.7 cm³/mol. The number of para-hydroxylation sites is 1. The molecule has 20 heavy (non-hydrogen) atoms. The molecule has 0 atom stereocenters. The molecule has 1 aromatic heterocycles. The SMILES string of the molecule is CC(C)(CNC1CC1)Cc1nnnn1-c1ccccc1. The number of hydrogen-bond donors (Lipinski definition) is 1. The summed E-state index contributed by atoms with van der Waals surface area (Å²) in [5.41, 5.74) is 1.16. The van der Waals surface area contributed by atoms with Gasteiger partial charge in [0.15, 0.2) is 5.82 Å². The van der Waals surface area contributed by atoms with Crippen molar-refractivity contribution < 1.29 is 0 Å². The molecule has 1 heterocycles. The van der Waals surface area contributed by atoms with Crippen molar-refractivity contribution in [3.8, 4) is 5.69 Å². The summed E-state index contributed by atoms with van der Waals surface area (Å²) < 4.78 is 1.83. The smallest absolute Gasteiger partial charge is 0.157 e. The van der Waals surface area contributed by atoms with Gasteiger partial charge in [0.25, 0.3) is 0 Å². The van der Waals surface area contributed by atoms with E-state index < -0.39 is 0 Å². The van der Waals surface area contributed by atoms with Gasteiger partial charge in [-0.2, -0.15) is 4.68 Å². The zero-order valence-corrected chi connectivity index (χ0v) is 12.1. The van der Waals surface area contributed by atoms with Gasteiger partial charge in [-0.1, -0.05) is 32.0 Å². The van der Waals surface area contributed by atoms with Crippen molar-refractivity contribution in [3.05, 3.63) is 36.2 Å². The fourth-order valence-electron chi connectivity index (χ4n) is 2.28. The lowest BCUT2D eigenvalue weighted by molar-refractivity contribution is 0.327. The molecule has 1 saturated carbocycles. The second kappa shape index (κ2) is 5.32. The summed E-state index contributed by atoms with van der Waals surface area (Å²) in [5.74, 6) is 0.916. The van der Waals surface area contributed by atoms with Gasteiger partial charge in [-0.05, 0) is 40.8 Å². The number of tetrazole rings is 1. The molecule has 1 N–H and O–H groups in total. The second-order valence-electron chi connectivity index (χ2n) is 6.34. The minimum absolute atomic E-state index is 0.143. The Balaban J connectivity index is 1.72. The van der Waals surface area contributed by atoms with E-state index in [1.807, 2.05) is 35.0 Å². The van der Waals surface area contributed by atoms with Gasteiger partial charge < -0.3 is 5.32 Å². The monoisotopic (exact) mass is 271 g/mol. The van der Waals surface area contributed by atoms with Crippen LogP contribution in [0.5, 0.6) is 0 Å². The van der Waals surface area contributed by atoms with E-state index in [0.29, 0.717) is 0 Å². The molecule has 0 saturated heterocycles. The summed E-state index contributed by atoms with van der Waals surface area (Å²) in [6.07, 6.45) is 3.49. The Bertz CT molecular complexity index is 557. The molecule has 1 fully saturated rings. The fourth-order valence-corrected chi connectivity index (χ4v) is 2.28. The van der Waals surface area contributed by atoms with Gasteiger partial charge in [0.05, 0.1) is 5.69 Å². The predicted octanol–water partition coefficient (Wildman–Crippen LogP) is 1.98. The van der Waals surface area contributed by atoms with Crippen molar-refractivity contribution >= 4 is 0 Å². The maximum absolute atomic E-state index is 4.19. The fraction of sp³-hybridized carbons (Fsp3) is 0.533. The molecule has 1 aliphatic rings. The number of rotatable bonds is 6. The largest absolute Gasteiger partial charge is 0.313 e. The molecule has 5 heteroatoms. The average molecular weight is 271 g/mol. The van der Waals surface area contributed by atoms with Gasteiger partial charge in [-0.25, -0.2) is 0 Å². The van der Waals surface area contributed by atoms with E-state index in [1.165, 1.54) is 12.8 Å². The van der Waals surface area contributed by atoms with Crippen LogP contribution in [0, 0.1) is 5.41 Å². The molecule has 5 nitrogen and oxygen atoms in total. The van der Waals surface area contributed by atoms with Crippen molar-refractivity contribution in [1.82, 2.24) is 25.5 Å². The topological polar surface area (TPSA) is 55.6 Å². The van der Waals surface area contributed by atoms with Gasteiger partial charge in [0.1, 0.15) is 0 Å². The molecular weight excluding hydrogens is 250 g/mol. The van der Waals surface area contributed by atoms with E-state index in [0.717, 1.165) is 30.5 Å². The number of nitrogens with zero attached hydrogens (tertiary/aromatic N) is 4. The van der Waals surface area contributed by atoms with Gasteiger partial charge in [-0.15, -0.1) is 5.10 Å². The van der Waals surface area contributed by atoms with E-state index in [-0.39, 0.29) is 5.41 Å². The van der Waals surface area contributed by atoms with E-state index in [1.54, 1.807) is 0 Å². The van der Waals surface area contributed by atoms with Gasteiger partial charge in [0, 0.05) is 19.0 Å². The number of nitrogens with one attached hydrogen (secondary N) is 1. The molecular formula is C15H21N5. The van der Waals surface area contributed by atoms with Gasteiger partial charge >= 0.3 is 0 Å². The molecule has 0 spiro atoms. The summed E-state index contributed by atoms with van der Waals surface area (Å²) in [6, 6.07) is 10.8. The van der Waals surface area contributed by atoms with Crippen LogP contribution in [-0.2, 0) is 6.42 Å². The Kier molecular flexibility index (Phi) is 3.53. The van der Waals surface area contributed by atoms with Crippen molar-refractivity contribution in [2.45, 2.75) is 39.2 Å². The van der Waals surface area contributed by atoms with E-state index in [4.69, 9.17) is 0 Å². The summed E-state index contributed by atoms with van der Waals surface area (Å²) in [5, 5.41) is 15.7. The number of hydrogen-bond acceptors (Lipinski definition) is 4. The van der Waals surface area contributed by atoms with Crippen LogP contribution in [0.1, 0.15) is 32.5 Å². The van der Waals surface area contributed by atoms with Crippen LogP contribution < -0.4 is 5.32 Å². The molecule has 2 aromatic rings. The van der Waals surface area contributed by atoms with Crippen molar-refractivity contribution in [2.24, 2.45) is 5.41 Å². The van der Waals surface area contributed by atoms with Crippen molar-refractivity contribution in [1.29, 1.82) is 0 Å². The lowest BCUT2D eigenvalue weighted by Gasteiger charge is -2.24. The third-order valence-electron chi connectivity index (χ3n) is 3.62. The molecule has 106 valence electrons. The van der Waals surface area contributed by atoms with Gasteiger partial charge in [0.2, 0.25) is 0 Å². The Morgan fingerprint density at radius 1 is 1.25 bits per heavy atom. The van der Waals surface area contributed by atoms with Crippen molar-refractivity contribution in [2.75, 3.05) is 6.54 Å². The molecule has 1 aromatic carbocycles. The minimum atomic E-state index is 0.143. The molecule has 0 aliphatic heterocycles. The molecule has 0 radical (unpaired) electrons. The zero-order valence-electron chi connectivity index (χ0n) is 12.1. The Morgan fingerprint density at radius 3 is 2.70 bits per heavy atom. The van der Waals surface area contributed by atoms with Crippen molar-refractivity contribution in [3.63, 3.8) is 0 Å². The molecule has 0 amide bonds. The highest BCUT2D eigenvalue weighted by atomic mass is 15.5. The standard InChI is InChI=1S/C15H21N5/c1-15(2,11-16-12-8-9-12)10-14-17-18-19-20(14)13-6-4-3-5-7-13/h3-7,12,16H,8-11H2,1-2H3. The summed E-state index contributed by atoms with van der Waals surface area (Å²) in [4.78, 5) is 0. The first kappa shape index (κ1) is 13.2. The Hall–Kier alpha value is -1.75. The Morgan fingerprint density at radius 2 is 2.00 bits per heavy atom. The summed E-state index contributed by atoms with van der Waals surface area (Å²) in [7, 11) is 0. The maximum atomic E-state index is 4.19. The highest BCUT2D eigenvalue weighted by molar-refractivity contribution is 5.30. The summed E-state index contributed by atoms with van der Waals surface area (Å²) in [6.45, 7) is 5.51. The number of benzene rings is 1. The molecule has 0 unspecified atom stereocenters. The maximum Gasteiger partial charge on any atom is 0.157 e. The van der Waals surface area contributed by atoms with Crippen LogP contribution >= 0.6 is 0 Å². The van der Waals surface area contributed by atoms with E-state index in [9.17, 15) is 0 Å². The Labute approximate surface area is 119 Å². The quantitative estimate of drug-likeness (QED) is 0.873. The average Bonchev–Trinajstić information content (AvgIpc) is 3.17. The van der Waals surface area contributed by atoms with Crippen LogP contribution in [0.25, 0.3) is 5.69 Å². The highest BCUT2D eigenvalue weighted by Gasteiger charge is 2.27. The first-order valence-corrected chi connectivity index (χ1v) is 7.20. The third kappa shape index (κ3) is 3.22. The van der Waals surface area contributed by atoms with Crippen LogP contribution in [0.3, 0.4) is 0 Å². The van der Waals surface area contributed by atoms with Gasteiger partial charge in [-0.3, -0.25) is 0 Å². The second-order valence-corrected chi connectivity index (χ2v) is 6.34. The van der Waals surface area contributed by atoms with E-state index >= 15 is 0 Å². The van der Waals surface area contributed by atoms with Crippen LogP contribution in [0.15, 0.2) is 30.3 Å². The van der Waals surface area contributed by atoms with E-state index in [2.05, 4.69) is 34.7 Å². The van der Waals surface area contributed by atoms with Crippen LogP contribution in [0.4, 0.5) is 0 Å². The molecule has 3 rings (SSSR count). The first-order valence-electron chi connectivity index (χ1n) is 7.20. The van der Waals surface area contributed by atoms with Crippen LogP contribution in [-0.4, -0.2) is 32.8 Å². The molecule has 1 aliphatic carbocycles. The lowest BCUT2D eigenvalue weighted by atomic mass is 9.89. The minimum Gasteiger partial charge on any atom is -0.313 e. The van der Waals surface area contributed by atoms with Crippen LogP contribution in [0.2, 0.25) is 0 Å². The third-order valence-corrected chi connectivity index (χ3v) is 3.62. The molecule has 0 bridgehead atoms. The number of aromatic nitrogens is 4. The highest BCUT2D eigenvalue weighted by Crippen LogP contribution is 2.24. The zero-order chi connectivity index (χ0) is 14.0. The lowest BCUT2D eigenvalue weighted by Crippen LogP contribution is -2.33. The normalized spacial score (nSPS) is 15.5.